The quantitative estimate of drug-likeness (QED) is 0.676. The molecule has 0 bridgehead atoms. The molecule has 0 aliphatic rings. The first-order valence-corrected chi connectivity index (χ1v) is 6.48. The molecule has 0 saturated heterocycles. The van der Waals surface area contributed by atoms with Gasteiger partial charge in [0, 0.05) is 4.47 Å². The fraction of sp³-hybridized carbons (Fsp3) is 0.222. The molecule has 82 valence electrons. The highest BCUT2D eigenvalue weighted by Crippen LogP contribution is 2.18. The lowest BCUT2D eigenvalue weighted by Gasteiger charge is -2.08. The number of hydrogen-bond donors (Lipinski definition) is 1. The Morgan fingerprint density at radius 2 is 1.87 bits per heavy atom. The van der Waals surface area contributed by atoms with Gasteiger partial charge in [-0.05, 0) is 17.7 Å². The minimum Gasteiger partial charge on any atom is -0.303 e. The van der Waals surface area contributed by atoms with Crippen LogP contribution in [0.1, 0.15) is 11.5 Å². The number of hydrogen-bond acceptors (Lipinski definition) is 3. The normalized spacial score (nSPS) is 13.5. The Balaban J connectivity index is 2.93. The van der Waals surface area contributed by atoms with E-state index in [9.17, 15) is 13.2 Å². The Morgan fingerprint density at radius 3 is 2.27 bits per heavy atom. The number of halogens is 1. The Hall–Kier alpha value is -0.720. The van der Waals surface area contributed by atoms with Crippen LogP contribution in [-0.2, 0) is 14.9 Å². The van der Waals surface area contributed by atoms with Crippen molar-refractivity contribution in [3.63, 3.8) is 0 Å². The van der Waals surface area contributed by atoms with E-state index in [0.29, 0.717) is 11.8 Å². The summed E-state index contributed by atoms with van der Waals surface area (Å²) in [6.07, 6.45) is 0.511. The van der Waals surface area contributed by atoms with E-state index in [0.717, 1.165) is 4.47 Å². The van der Waals surface area contributed by atoms with Crippen LogP contribution in [0.5, 0.6) is 0 Å². The van der Waals surface area contributed by atoms with Gasteiger partial charge in [0.25, 0.3) is 10.1 Å². The first-order chi connectivity index (χ1) is 6.92. The molecule has 1 aromatic rings. The Labute approximate surface area is 96.2 Å². The van der Waals surface area contributed by atoms with E-state index < -0.39 is 21.8 Å². The molecule has 0 spiro atoms. The fourth-order valence-electron chi connectivity index (χ4n) is 1.15. The number of benzene rings is 1. The molecule has 4 nitrogen and oxygen atoms in total. The van der Waals surface area contributed by atoms with Gasteiger partial charge in [-0.25, -0.2) is 0 Å². The molecule has 1 aromatic carbocycles. The van der Waals surface area contributed by atoms with Crippen molar-refractivity contribution in [2.75, 3.05) is 5.75 Å². The van der Waals surface area contributed by atoms with Gasteiger partial charge in [-0.15, -0.1) is 0 Å². The molecule has 0 aliphatic heterocycles. The van der Waals surface area contributed by atoms with Crippen molar-refractivity contribution < 1.29 is 17.8 Å². The van der Waals surface area contributed by atoms with Crippen molar-refractivity contribution in [2.45, 2.75) is 5.92 Å². The van der Waals surface area contributed by atoms with E-state index in [1.807, 2.05) is 0 Å². The second-order valence-electron chi connectivity index (χ2n) is 3.04. The summed E-state index contributed by atoms with van der Waals surface area (Å²) < 4.78 is 30.7. The molecule has 0 radical (unpaired) electrons. The van der Waals surface area contributed by atoms with Crippen LogP contribution in [0.3, 0.4) is 0 Å². The highest BCUT2D eigenvalue weighted by atomic mass is 79.9. The molecule has 0 aromatic heterocycles. The van der Waals surface area contributed by atoms with Crippen molar-refractivity contribution >= 4 is 32.3 Å². The molecule has 1 atom stereocenters. The van der Waals surface area contributed by atoms with Crippen LogP contribution in [0.15, 0.2) is 28.7 Å². The van der Waals surface area contributed by atoms with Crippen molar-refractivity contribution in [2.24, 2.45) is 0 Å². The first kappa shape index (κ1) is 12.4. The lowest BCUT2D eigenvalue weighted by atomic mass is 10.0. The molecule has 1 unspecified atom stereocenters. The summed E-state index contributed by atoms with van der Waals surface area (Å²) in [5.41, 5.74) is 0.561. The summed E-state index contributed by atoms with van der Waals surface area (Å²) in [6, 6.07) is 6.67. The summed E-state index contributed by atoms with van der Waals surface area (Å²) in [5.74, 6) is -1.41. The summed E-state index contributed by atoms with van der Waals surface area (Å²) >= 11 is 3.22. The van der Waals surface area contributed by atoms with E-state index in [1.165, 1.54) is 0 Å². The topological polar surface area (TPSA) is 71.4 Å². The molecule has 0 aliphatic carbocycles. The van der Waals surface area contributed by atoms with Gasteiger partial charge in [0.05, 0.1) is 11.7 Å². The first-order valence-electron chi connectivity index (χ1n) is 4.08. The number of aldehydes is 1. The SMILES string of the molecule is O=CC(CS(=O)(=O)O)c1ccc(Br)cc1. The Bertz CT molecular complexity index is 438. The number of carbonyl (C=O) groups excluding carboxylic acids is 1. The second kappa shape index (κ2) is 4.87. The van der Waals surface area contributed by atoms with Gasteiger partial charge < -0.3 is 4.79 Å². The minimum atomic E-state index is -4.14. The van der Waals surface area contributed by atoms with Gasteiger partial charge in [-0.2, -0.15) is 8.42 Å². The zero-order valence-corrected chi connectivity index (χ0v) is 10.0. The van der Waals surface area contributed by atoms with Gasteiger partial charge in [-0.1, -0.05) is 28.1 Å². The highest BCUT2D eigenvalue weighted by molar-refractivity contribution is 9.10. The molecule has 0 fully saturated rings. The Morgan fingerprint density at radius 1 is 1.33 bits per heavy atom. The number of carbonyl (C=O) groups is 1. The van der Waals surface area contributed by atoms with Crippen molar-refractivity contribution in [1.82, 2.24) is 0 Å². The van der Waals surface area contributed by atoms with Crippen LogP contribution in [0.25, 0.3) is 0 Å². The highest BCUT2D eigenvalue weighted by Gasteiger charge is 2.17. The monoisotopic (exact) mass is 292 g/mol. The molecule has 15 heavy (non-hydrogen) atoms. The third-order valence-electron chi connectivity index (χ3n) is 1.85. The standard InChI is InChI=1S/C9H9BrO4S/c10-9-3-1-7(2-4-9)8(5-11)6-15(12,13)14/h1-5,8H,6H2,(H,12,13,14). The fourth-order valence-corrected chi connectivity index (χ4v) is 2.14. The van der Waals surface area contributed by atoms with Gasteiger partial charge >= 0.3 is 0 Å². The summed E-state index contributed by atoms with van der Waals surface area (Å²) in [6.45, 7) is 0. The summed E-state index contributed by atoms with van der Waals surface area (Å²) in [4.78, 5) is 10.7. The average molecular weight is 293 g/mol. The van der Waals surface area contributed by atoms with Crippen LogP contribution < -0.4 is 0 Å². The van der Waals surface area contributed by atoms with E-state index in [2.05, 4.69) is 15.9 Å². The average Bonchev–Trinajstić information content (AvgIpc) is 2.14. The summed E-state index contributed by atoms with van der Waals surface area (Å²) in [7, 11) is -4.14. The second-order valence-corrected chi connectivity index (χ2v) is 5.46. The van der Waals surface area contributed by atoms with E-state index in [-0.39, 0.29) is 0 Å². The van der Waals surface area contributed by atoms with Crippen LogP contribution in [-0.4, -0.2) is 25.0 Å². The summed E-state index contributed by atoms with van der Waals surface area (Å²) in [5, 5.41) is 0. The maximum atomic E-state index is 10.7. The molecule has 0 amide bonds. The van der Waals surface area contributed by atoms with Gasteiger partial charge in [0.2, 0.25) is 0 Å². The van der Waals surface area contributed by atoms with Gasteiger partial charge in [0.1, 0.15) is 6.29 Å². The number of rotatable bonds is 4. The molecule has 1 rings (SSSR count). The lowest BCUT2D eigenvalue weighted by Crippen LogP contribution is -2.14. The van der Waals surface area contributed by atoms with E-state index >= 15 is 0 Å². The smallest absolute Gasteiger partial charge is 0.265 e. The lowest BCUT2D eigenvalue weighted by molar-refractivity contribution is -0.108. The minimum absolute atomic E-state index is 0.511. The maximum Gasteiger partial charge on any atom is 0.265 e. The van der Waals surface area contributed by atoms with Crippen LogP contribution in [0.2, 0.25) is 0 Å². The largest absolute Gasteiger partial charge is 0.303 e. The van der Waals surface area contributed by atoms with Crippen LogP contribution >= 0.6 is 15.9 Å². The molecule has 1 N–H and O–H groups in total. The van der Waals surface area contributed by atoms with Gasteiger partial charge in [-0.3, -0.25) is 4.55 Å². The van der Waals surface area contributed by atoms with E-state index in [1.54, 1.807) is 24.3 Å². The van der Waals surface area contributed by atoms with Crippen molar-refractivity contribution in [1.29, 1.82) is 0 Å². The molecule has 6 heteroatoms. The third-order valence-corrected chi connectivity index (χ3v) is 3.16. The zero-order chi connectivity index (χ0) is 11.5. The van der Waals surface area contributed by atoms with Crippen LogP contribution in [0.4, 0.5) is 0 Å². The molecule has 0 heterocycles. The van der Waals surface area contributed by atoms with Crippen molar-refractivity contribution in [3.8, 4) is 0 Å². The Kier molecular flexibility index (Phi) is 4.01. The predicted octanol–water partition coefficient (Wildman–Crippen LogP) is 1.62. The molecule has 0 saturated carbocycles. The third kappa shape index (κ3) is 4.11. The maximum absolute atomic E-state index is 10.7. The van der Waals surface area contributed by atoms with Crippen LogP contribution in [0, 0.1) is 0 Å². The van der Waals surface area contributed by atoms with E-state index in [4.69, 9.17) is 4.55 Å². The molecular formula is C9H9BrO4S. The van der Waals surface area contributed by atoms with Crippen molar-refractivity contribution in [3.05, 3.63) is 34.3 Å². The van der Waals surface area contributed by atoms with Gasteiger partial charge in [0.15, 0.2) is 0 Å². The zero-order valence-electron chi connectivity index (χ0n) is 7.63. The molecular weight excluding hydrogens is 284 g/mol. The predicted molar refractivity (Wildman–Crippen MR) is 59.4 cm³/mol.